The van der Waals surface area contributed by atoms with Crippen LogP contribution in [0, 0.1) is 11.8 Å². The minimum Gasteiger partial charge on any atom is -0.207 e. The van der Waals surface area contributed by atoms with E-state index in [1.807, 2.05) is 0 Å². The molecular weight excluding hydrogens is 146 g/mol. The highest BCUT2D eigenvalue weighted by molar-refractivity contribution is 4.90. The summed E-state index contributed by atoms with van der Waals surface area (Å²) >= 11 is 0. The Morgan fingerprint density at radius 3 is 1.82 bits per heavy atom. The SMILES string of the molecule is FC1(F)CC2CCCCC2C1. The highest BCUT2D eigenvalue weighted by Crippen LogP contribution is 2.49. The summed E-state index contributed by atoms with van der Waals surface area (Å²) in [6, 6.07) is 0. The van der Waals surface area contributed by atoms with Crippen LogP contribution in [0.25, 0.3) is 0 Å². The molecule has 2 fully saturated rings. The van der Waals surface area contributed by atoms with Crippen molar-refractivity contribution in [2.24, 2.45) is 11.8 Å². The van der Waals surface area contributed by atoms with Crippen LogP contribution in [0.3, 0.4) is 0 Å². The highest BCUT2D eigenvalue weighted by Gasteiger charge is 2.46. The van der Waals surface area contributed by atoms with Crippen molar-refractivity contribution in [3.05, 3.63) is 0 Å². The topological polar surface area (TPSA) is 0 Å². The average molecular weight is 160 g/mol. The summed E-state index contributed by atoms with van der Waals surface area (Å²) in [5.74, 6) is -1.60. The second-order valence-electron chi connectivity index (χ2n) is 4.07. The fourth-order valence-electron chi connectivity index (χ4n) is 2.67. The Morgan fingerprint density at radius 2 is 1.36 bits per heavy atom. The standard InChI is InChI=1S/C9H14F2/c10-9(11)5-7-3-1-2-4-8(7)6-9/h7-8H,1-6H2. The van der Waals surface area contributed by atoms with Crippen LogP contribution in [0.5, 0.6) is 0 Å². The molecule has 2 saturated carbocycles. The number of alkyl halides is 2. The van der Waals surface area contributed by atoms with Gasteiger partial charge in [0.25, 0.3) is 0 Å². The third kappa shape index (κ3) is 1.40. The van der Waals surface area contributed by atoms with E-state index >= 15 is 0 Å². The zero-order chi connectivity index (χ0) is 7.90. The third-order valence-corrected chi connectivity index (χ3v) is 3.19. The first-order chi connectivity index (χ1) is 5.17. The number of rotatable bonds is 0. The molecule has 0 amide bonds. The lowest BCUT2D eigenvalue weighted by Gasteiger charge is -2.23. The summed E-state index contributed by atoms with van der Waals surface area (Å²) in [6.07, 6.45) is 4.82. The lowest BCUT2D eigenvalue weighted by Crippen LogP contribution is -2.12. The van der Waals surface area contributed by atoms with Crippen molar-refractivity contribution in [1.29, 1.82) is 0 Å². The van der Waals surface area contributed by atoms with Crippen LogP contribution in [0.4, 0.5) is 8.78 Å². The van der Waals surface area contributed by atoms with Crippen molar-refractivity contribution in [3.63, 3.8) is 0 Å². The van der Waals surface area contributed by atoms with Crippen molar-refractivity contribution in [3.8, 4) is 0 Å². The molecule has 64 valence electrons. The first-order valence-corrected chi connectivity index (χ1v) is 4.55. The molecule has 0 spiro atoms. The van der Waals surface area contributed by atoms with Crippen molar-refractivity contribution >= 4 is 0 Å². The maximum Gasteiger partial charge on any atom is 0.248 e. The molecule has 0 radical (unpaired) electrons. The molecule has 0 aromatic carbocycles. The molecule has 0 N–H and O–H groups in total. The second kappa shape index (κ2) is 2.43. The zero-order valence-electron chi connectivity index (χ0n) is 6.65. The monoisotopic (exact) mass is 160 g/mol. The molecular formula is C9H14F2. The minimum absolute atomic E-state index is 0.178. The molecule has 0 saturated heterocycles. The summed E-state index contributed by atoms with van der Waals surface area (Å²) in [6.45, 7) is 0. The van der Waals surface area contributed by atoms with Crippen molar-refractivity contribution in [2.75, 3.05) is 0 Å². The van der Waals surface area contributed by atoms with Crippen molar-refractivity contribution in [2.45, 2.75) is 44.4 Å². The lowest BCUT2D eigenvalue weighted by molar-refractivity contribution is 0.00264. The number of hydrogen-bond donors (Lipinski definition) is 0. The minimum atomic E-state index is -2.32. The maximum absolute atomic E-state index is 12.8. The Morgan fingerprint density at radius 1 is 0.909 bits per heavy atom. The molecule has 2 atom stereocenters. The van der Waals surface area contributed by atoms with Crippen LogP contribution in [0.15, 0.2) is 0 Å². The van der Waals surface area contributed by atoms with Crippen LogP contribution >= 0.6 is 0 Å². The van der Waals surface area contributed by atoms with Gasteiger partial charge in [-0.3, -0.25) is 0 Å². The van der Waals surface area contributed by atoms with E-state index in [1.54, 1.807) is 0 Å². The normalized spacial score (nSPS) is 42.0. The quantitative estimate of drug-likeness (QED) is 0.510. The van der Waals surface area contributed by atoms with E-state index in [4.69, 9.17) is 0 Å². The number of hydrogen-bond acceptors (Lipinski definition) is 0. The molecule has 2 unspecified atom stereocenters. The molecule has 2 heteroatoms. The van der Waals surface area contributed by atoms with Gasteiger partial charge in [-0.2, -0.15) is 0 Å². The second-order valence-corrected chi connectivity index (χ2v) is 4.07. The van der Waals surface area contributed by atoms with Crippen LogP contribution in [0.1, 0.15) is 38.5 Å². The molecule has 2 aliphatic carbocycles. The molecule has 0 aromatic heterocycles. The molecule has 0 bridgehead atoms. The van der Waals surface area contributed by atoms with E-state index in [0.29, 0.717) is 11.8 Å². The molecule has 2 aliphatic rings. The van der Waals surface area contributed by atoms with Crippen LogP contribution in [-0.4, -0.2) is 5.92 Å². The largest absolute Gasteiger partial charge is 0.248 e. The van der Waals surface area contributed by atoms with Gasteiger partial charge in [-0.25, -0.2) is 8.78 Å². The van der Waals surface area contributed by atoms with Gasteiger partial charge in [-0.15, -0.1) is 0 Å². The van der Waals surface area contributed by atoms with E-state index in [1.165, 1.54) is 12.8 Å². The van der Waals surface area contributed by atoms with Crippen molar-refractivity contribution < 1.29 is 8.78 Å². The van der Waals surface area contributed by atoms with E-state index in [-0.39, 0.29) is 12.8 Å². The first-order valence-electron chi connectivity index (χ1n) is 4.55. The van der Waals surface area contributed by atoms with Crippen molar-refractivity contribution in [1.82, 2.24) is 0 Å². The average Bonchev–Trinajstić information content (AvgIpc) is 2.21. The van der Waals surface area contributed by atoms with E-state index in [2.05, 4.69) is 0 Å². The third-order valence-electron chi connectivity index (χ3n) is 3.19. The molecule has 0 heterocycles. The van der Waals surface area contributed by atoms with Gasteiger partial charge in [0.15, 0.2) is 0 Å². The maximum atomic E-state index is 12.8. The Kier molecular flexibility index (Phi) is 1.66. The summed E-state index contributed by atoms with van der Waals surface area (Å²) < 4.78 is 25.7. The van der Waals surface area contributed by atoms with E-state index in [9.17, 15) is 8.78 Å². The zero-order valence-corrected chi connectivity index (χ0v) is 6.65. The van der Waals surface area contributed by atoms with Gasteiger partial charge in [0.1, 0.15) is 0 Å². The fraction of sp³-hybridized carbons (Fsp3) is 1.00. The predicted octanol–water partition coefficient (Wildman–Crippen LogP) is 3.22. The van der Waals surface area contributed by atoms with Gasteiger partial charge in [-0.05, 0) is 24.7 Å². The van der Waals surface area contributed by atoms with Crippen LogP contribution in [-0.2, 0) is 0 Å². The molecule has 0 nitrogen and oxygen atoms in total. The fourth-order valence-corrected chi connectivity index (χ4v) is 2.67. The summed E-state index contributed by atoms with van der Waals surface area (Å²) in [5, 5.41) is 0. The molecule has 0 aliphatic heterocycles. The summed E-state index contributed by atoms with van der Waals surface area (Å²) in [7, 11) is 0. The molecule has 0 aromatic rings. The predicted molar refractivity (Wildman–Crippen MR) is 39.6 cm³/mol. The van der Waals surface area contributed by atoms with Gasteiger partial charge >= 0.3 is 0 Å². The Balaban J connectivity index is 2.03. The smallest absolute Gasteiger partial charge is 0.207 e. The Hall–Kier alpha value is -0.140. The van der Waals surface area contributed by atoms with Gasteiger partial charge in [0, 0.05) is 12.8 Å². The van der Waals surface area contributed by atoms with E-state index < -0.39 is 5.92 Å². The summed E-state index contributed by atoms with van der Waals surface area (Å²) in [4.78, 5) is 0. The summed E-state index contributed by atoms with van der Waals surface area (Å²) in [5.41, 5.74) is 0. The molecule has 2 rings (SSSR count). The van der Waals surface area contributed by atoms with Crippen LogP contribution < -0.4 is 0 Å². The Labute approximate surface area is 66.0 Å². The van der Waals surface area contributed by atoms with E-state index in [0.717, 1.165) is 12.8 Å². The lowest BCUT2D eigenvalue weighted by atomic mass is 9.82. The van der Waals surface area contributed by atoms with Gasteiger partial charge < -0.3 is 0 Å². The molecule has 11 heavy (non-hydrogen) atoms. The number of fused-ring (bicyclic) bond motifs is 1. The first kappa shape index (κ1) is 7.51. The number of halogens is 2. The van der Waals surface area contributed by atoms with Crippen LogP contribution in [0.2, 0.25) is 0 Å². The Bertz CT molecular complexity index is 138. The van der Waals surface area contributed by atoms with Gasteiger partial charge in [0.05, 0.1) is 0 Å². The van der Waals surface area contributed by atoms with Gasteiger partial charge in [0.2, 0.25) is 5.92 Å². The van der Waals surface area contributed by atoms with Gasteiger partial charge in [-0.1, -0.05) is 12.8 Å². The highest BCUT2D eigenvalue weighted by atomic mass is 19.3.